The van der Waals surface area contributed by atoms with Crippen molar-refractivity contribution in [2.75, 3.05) is 11.9 Å². The zero-order valence-corrected chi connectivity index (χ0v) is 21.4. The van der Waals surface area contributed by atoms with Gasteiger partial charge in [0, 0.05) is 36.5 Å². The highest BCUT2D eigenvalue weighted by molar-refractivity contribution is 7.13. The molecule has 0 radical (unpaired) electrons. The lowest BCUT2D eigenvalue weighted by Gasteiger charge is -2.31. The number of nitrogens with one attached hydrogen (secondary N) is 1. The van der Waals surface area contributed by atoms with Crippen LogP contribution in [0.5, 0.6) is 0 Å². The Hall–Kier alpha value is -3.25. The van der Waals surface area contributed by atoms with Crippen molar-refractivity contribution < 1.29 is 4.79 Å². The van der Waals surface area contributed by atoms with Gasteiger partial charge < -0.3 is 10.2 Å². The molecule has 2 aliphatic rings. The predicted octanol–water partition coefficient (Wildman–Crippen LogP) is 6.43. The van der Waals surface area contributed by atoms with Crippen LogP contribution in [0, 0.1) is 12.8 Å². The summed E-state index contributed by atoms with van der Waals surface area (Å²) in [5.41, 5.74) is 7.23. The smallest absolute Gasteiger partial charge is 0.245 e. The summed E-state index contributed by atoms with van der Waals surface area (Å²) in [7, 11) is 0. The Kier molecular flexibility index (Phi) is 6.82. The molecule has 180 valence electrons. The van der Waals surface area contributed by atoms with E-state index in [4.69, 9.17) is 4.99 Å². The van der Waals surface area contributed by atoms with E-state index >= 15 is 0 Å². The van der Waals surface area contributed by atoms with Crippen LogP contribution in [-0.2, 0) is 4.79 Å². The van der Waals surface area contributed by atoms with Crippen LogP contribution in [0.4, 0.5) is 5.13 Å². The summed E-state index contributed by atoms with van der Waals surface area (Å²) in [4.78, 5) is 24.8. The van der Waals surface area contributed by atoms with Crippen molar-refractivity contribution in [3.63, 3.8) is 0 Å². The van der Waals surface area contributed by atoms with Gasteiger partial charge in [0.05, 0.1) is 6.04 Å². The minimum Gasteiger partial charge on any atom is -0.350 e. The molecular formula is C29H32N4OS. The number of allylic oxidation sites excluding steroid dienone is 1. The molecule has 2 atom stereocenters. The van der Waals surface area contributed by atoms with Gasteiger partial charge in [0.25, 0.3) is 0 Å². The average molecular weight is 485 g/mol. The molecule has 1 N–H and O–H groups in total. The zero-order chi connectivity index (χ0) is 24.4. The maximum absolute atomic E-state index is 13.6. The fourth-order valence-corrected chi connectivity index (χ4v) is 5.51. The molecule has 0 aliphatic carbocycles. The van der Waals surface area contributed by atoms with E-state index in [0.29, 0.717) is 0 Å². The number of anilines is 1. The third-order valence-corrected chi connectivity index (χ3v) is 7.67. The summed E-state index contributed by atoms with van der Waals surface area (Å²) in [6.45, 7) is 7.06. The van der Waals surface area contributed by atoms with Crippen LogP contribution in [0.3, 0.4) is 0 Å². The minimum absolute atomic E-state index is 0.0717. The monoisotopic (exact) mass is 484 g/mol. The Morgan fingerprint density at radius 1 is 1.06 bits per heavy atom. The van der Waals surface area contributed by atoms with E-state index in [9.17, 15) is 4.79 Å². The van der Waals surface area contributed by atoms with Gasteiger partial charge in [0.15, 0.2) is 5.13 Å². The lowest BCUT2D eigenvalue weighted by molar-refractivity contribution is -0.132. The molecule has 5 nitrogen and oxygen atoms in total. The van der Waals surface area contributed by atoms with Crippen molar-refractivity contribution in [3.8, 4) is 11.1 Å². The van der Waals surface area contributed by atoms with Crippen LogP contribution in [0.15, 0.2) is 71.3 Å². The zero-order valence-electron chi connectivity index (χ0n) is 20.6. The van der Waals surface area contributed by atoms with Crippen LogP contribution in [0.25, 0.3) is 16.7 Å². The number of rotatable bonds is 7. The van der Waals surface area contributed by atoms with Gasteiger partial charge in [-0.2, -0.15) is 0 Å². The first-order valence-corrected chi connectivity index (χ1v) is 13.3. The van der Waals surface area contributed by atoms with Gasteiger partial charge in [-0.05, 0) is 47.9 Å². The lowest BCUT2D eigenvalue weighted by atomic mass is 9.96. The standard InChI is InChI=1S/C29H32N4OS/c1-19(2)27(32-29-30-14-16-35-29)28(34)33-15-4-5-26(33)25-17-24(18-31-25)23-12-10-22(11-13-23)21-8-6-20(3)7-9-21/h6-14,16,18-19,26-27H,4-5,15,17H2,1-3H3,(H,30,32)/t26-,27-/m0/s1. The van der Waals surface area contributed by atoms with Crippen molar-refractivity contribution in [2.45, 2.75) is 52.1 Å². The van der Waals surface area contributed by atoms with Gasteiger partial charge in [-0.3, -0.25) is 9.79 Å². The first-order chi connectivity index (χ1) is 17.0. The van der Waals surface area contributed by atoms with Crippen molar-refractivity contribution in [1.82, 2.24) is 9.88 Å². The maximum atomic E-state index is 13.6. The Balaban J connectivity index is 1.26. The van der Waals surface area contributed by atoms with Crippen LogP contribution < -0.4 is 5.32 Å². The van der Waals surface area contributed by atoms with E-state index in [1.54, 1.807) is 6.20 Å². The number of aliphatic imine (C=N–C) groups is 1. The van der Waals surface area contributed by atoms with Gasteiger partial charge >= 0.3 is 0 Å². The second-order valence-corrected chi connectivity index (χ2v) is 10.7. The van der Waals surface area contributed by atoms with E-state index in [-0.39, 0.29) is 23.9 Å². The first kappa shape index (κ1) is 23.5. The van der Waals surface area contributed by atoms with Crippen molar-refractivity contribution in [3.05, 3.63) is 77.4 Å². The highest BCUT2D eigenvalue weighted by Gasteiger charge is 2.38. The molecule has 0 bridgehead atoms. The predicted molar refractivity (Wildman–Crippen MR) is 146 cm³/mol. The van der Waals surface area contributed by atoms with Crippen LogP contribution >= 0.6 is 11.3 Å². The number of aromatic nitrogens is 1. The molecule has 0 saturated carbocycles. The van der Waals surface area contributed by atoms with Gasteiger partial charge in [0.1, 0.15) is 6.04 Å². The highest BCUT2D eigenvalue weighted by Crippen LogP contribution is 2.32. The number of amides is 1. The molecule has 2 aliphatic heterocycles. The third-order valence-electron chi connectivity index (χ3n) is 6.96. The summed E-state index contributed by atoms with van der Waals surface area (Å²) in [6.07, 6.45) is 6.54. The molecule has 5 rings (SSSR count). The molecule has 1 fully saturated rings. The number of carbonyl (C=O) groups is 1. The fourth-order valence-electron chi connectivity index (χ4n) is 4.95. The van der Waals surface area contributed by atoms with Crippen LogP contribution in [0.1, 0.15) is 44.2 Å². The second kappa shape index (κ2) is 10.2. The molecular weight excluding hydrogens is 452 g/mol. The number of likely N-dealkylation sites (tertiary alicyclic amines) is 1. The normalized spacial score (nSPS) is 18.5. The lowest BCUT2D eigenvalue weighted by Crippen LogP contribution is -2.49. The van der Waals surface area contributed by atoms with E-state index in [1.165, 1.54) is 39.2 Å². The summed E-state index contributed by atoms with van der Waals surface area (Å²) in [6, 6.07) is 17.1. The largest absolute Gasteiger partial charge is 0.350 e. The van der Waals surface area contributed by atoms with E-state index in [1.807, 2.05) is 16.5 Å². The first-order valence-electron chi connectivity index (χ1n) is 12.4. The van der Waals surface area contributed by atoms with E-state index < -0.39 is 0 Å². The Labute approximate surface area is 211 Å². The molecule has 0 unspecified atom stereocenters. The van der Waals surface area contributed by atoms with E-state index in [0.717, 1.165) is 36.7 Å². The van der Waals surface area contributed by atoms with Gasteiger partial charge in [0.2, 0.25) is 5.91 Å². The SMILES string of the molecule is Cc1ccc(-c2ccc(C3=CN=C([C@@H]4CCCN4C(=O)[C@@H](Nc4nccs4)C(C)C)C3)cc2)cc1. The second-order valence-electron chi connectivity index (χ2n) is 9.79. The number of carbonyl (C=O) groups excluding carboxylic acids is 1. The van der Waals surface area contributed by atoms with Crippen molar-refractivity contribution in [2.24, 2.45) is 10.9 Å². The molecule has 2 aromatic carbocycles. The third kappa shape index (κ3) is 5.08. The topological polar surface area (TPSA) is 57.6 Å². The summed E-state index contributed by atoms with van der Waals surface area (Å²) in [5, 5.41) is 6.09. The number of thiazole rings is 1. The summed E-state index contributed by atoms with van der Waals surface area (Å²) >= 11 is 1.53. The van der Waals surface area contributed by atoms with Crippen LogP contribution in [-0.4, -0.2) is 40.1 Å². The summed E-state index contributed by atoms with van der Waals surface area (Å²) < 4.78 is 0. The van der Waals surface area contributed by atoms with Crippen LogP contribution in [0.2, 0.25) is 0 Å². The van der Waals surface area contributed by atoms with Crippen molar-refractivity contribution >= 4 is 33.7 Å². The highest BCUT2D eigenvalue weighted by atomic mass is 32.1. The average Bonchev–Trinajstić information content (AvgIpc) is 3.64. The quantitative estimate of drug-likeness (QED) is 0.420. The van der Waals surface area contributed by atoms with Crippen molar-refractivity contribution in [1.29, 1.82) is 0 Å². The van der Waals surface area contributed by atoms with E-state index in [2.05, 4.69) is 79.6 Å². The molecule has 1 amide bonds. The van der Waals surface area contributed by atoms with Gasteiger partial charge in [-0.15, -0.1) is 11.3 Å². The molecule has 3 heterocycles. The Bertz CT molecular complexity index is 1230. The molecule has 1 saturated heterocycles. The number of hydrogen-bond donors (Lipinski definition) is 1. The molecule has 6 heteroatoms. The number of hydrogen-bond acceptors (Lipinski definition) is 5. The maximum Gasteiger partial charge on any atom is 0.245 e. The molecule has 3 aromatic rings. The van der Waals surface area contributed by atoms with Gasteiger partial charge in [-0.25, -0.2) is 4.98 Å². The van der Waals surface area contributed by atoms with Gasteiger partial charge in [-0.1, -0.05) is 67.9 Å². The Morgan fingerprint density at radius 3 is 2.40 bits per heavy atom. The molecule has 35 heavy (non-hydrogen) atoms. The number of benzene rings is 2. The molecule has 0 spiro atoms. The number of aryl methyl sites for hydroxylation is 1. The summed E-state index contributed by atoms with van der Waals surface area (Å²) in [5.74, 6) is 0.315. The Morgan fingerprint density at radius 2 is 1.74 bits per heavy atom. The minimum atomic E-state index is -0.287. The number of nitrogens with zero attached hydrogens (tertiary/aromatic N) is 3. The fraction of sp³-hybridized carbons (Fsp3) is 0.345. The molecule has 1 aromatic heterocycles.